The van der Waals surface area contributed by atoms with E-state index in [0.29, 0.717) is 19.3 Å². The summed E-state index contributed by atoms with van der Waals surface area (Å²) in [5, 5.41) is 0. The van der Waals surface area contributed by atoms with Crippen LogP contribution in [0.2, 0.25) is 0 Å². The first-order valence-corrected chi connectivity index (χ1v) is 26.5. The Morgan fingerprint density at radius 2 is 0.623 bits per heavy atom. The van der Waals surface area contributed by atoms with Crippen LogP contribution in [0.1, 0.15) is 278 Å². The number of unbranched alkanes of at least 4 members (excludes halogenated alkanes) is 31. The van der Waals surface area contributed by atoms with Gasteiger partial charge in [0.15, 0.2) is 6.10 Å². The van der Waals surface area contributed by atoms with Crippen LogP contribution in [0, 0.1) is 0 Å². The van der Waals surface area contributed by atoms with E-state index in [9.17, 15) is 14.4 Å². The normalized spacial score (nSPS) is 12.2. The molecule has 61 heavy (non-hydrogen) atoms. The van der Waals surface area contributed by atoms with Crippen LogP contribution in [-0.4, -0.2) is 37.2 Å². The first kappa shape index (κ1) is 58.6. The van der Waals surface area contributed by atoms with E-state index >= 15 is 0 Å². The largest absolute Gasteiger partial charge is 0.462 e. The highest BCUT2D eigenvalue weighted by molar-refractivity contribution is 5.71. The van der Waals surface area contributed by atoms with Crippen LogP contribution in [0.4, 0.5) is 0 Å². The van der Waals surface area contributed by atoms with Crippen molar-refractivity contribution in [2.24, 2.45) is 0 Å². The maximum absolute atomic E-state index is 12.8. The van der Waals surface area contributed by atoms with Gasteiger partial charge in [0.2, 0.25) is 0 Å². The number of hydrogen-bond acceptors (Lipinski definition) is 6. The van der Waals surface area contributed by atoms with Gasteiger partial charge < -0.3 is 14.2 Å². The van der Waals surface area contributed by atoms with Gasteiger partial charge >= 0.3 is 17.9 Å². The summed E-state index contributed by atoms with van der Waals surface area (Å²) in [5.41, 5.74) is 0. The number of carbonyl (C=O) groups is 3. The van der Waals surface area contributed by atoms with Crippen molar-refractivity contribution < 1.29 is 28.6 Å². The van der Waals surface area contributed by atoms with Crippen LogP contribution in [0.15, 0.2) is 36.5 Å². The summed E-state index contributed by atoms with van der Waals surface area (Å²) < 4.78 is 16.8. The molecule has 0 N–H and O–H groups in total. The highest BCUT2D eigenvalue weighted by Crippen LogP contribution is 2.16. The van der Waals surface area contributed by atoms with E-state index in [0.717, 1.165) is 96.3 Å². The molecule has 1 unspecified atom stereocenters. The van der Waals surface area contributed by atoms with Crippen molar-refractivity contribution in [2.75, 3.05) is 13.2 Å². The predicted molar refractivity (Wildman–Crippen MR) is 261 cm³/mol. The second kappa shape index (κ2) is 50.3. The molecule has 1 atom stereocenters. The number of hydrogen-bond donors (Lipinski definition) is 0. The first-order chi connectivity index (χ1) is 30.0. The Morgan fingerprint density at radius 1 is 0.328 bits per heavy atom. The number of ether oxygens (including phenoxy) is 3. The van der Waals surface area contributed by atoms with Crippen LogP contribution in [0.3, 0.4) is 0 Å². The van der Waals surface area contributed by atoms with Crippen molar-refractivity contribution in [1.82, 2.24) is 0 Å². The molecule has 0 heterocycles. The summed E-state index contributed by atoms with van der Waals surface area (Å²) in [7, 11) is 0. The molecule has 0 saturated carbocycles. The van der Waals surface area contributed by atoms with Gasteiger partial charge in [-0.3, -0.25) is 14.4 Å². The molecule has 0 aliphatic carbocycles. The van der Waals surface area contributed by atoms with Gasteiger partial charge in [0.25, 0.3) is 0 Å². The van der Waals surface area contributed by atoms with Crippen molar-refractivity contribution in [3.05, 3.63) is 36.5 Å². The van der Waals surface area contributed by atoms with Gasteiger partial charge in [0.1, 0.15) is 13.2 Å². The molecule has 0 amide bonds. The minimum absolute atomic E-state index is 0.0776. The zero-order valence-corrected chi connectivity index (χ0v) is 40.7. The topological polar surface area (TPSA) is 78.9 Å². The van der Waals surface area contributed by atoms with E-state index in [1.807, 2.05) is 0 Å². The first-order valence-electron chi connectivity index (χ1n) is 26.5. The summed E-state index contributed by atoms with van der Waals surface area (Å²) in [6.45, 7) is 6.57. The highest BCUT2D eigenvalue weighted by atomic mass is 16.6. The van der Waals surface area contributed by atoms with Crippen LogP contribution >= 0.6 is 0 Å². The van der Waals surface area contributed by atoms with Crippen molar-refractivity contribution in [3.8, 4) is 0 Å². The lowest BCUT2D eigenvalue weighted by Crippen LogP contribution is -2.30. The fourth-order valence-electron chi connectivity index (χ4n) is 7.59. The second-order valence-electron chi connectivity index (χ2n) is 17.8. The lowest BCUT2D eigenvalue weighted by Gasteiger charge is -2.18. The molecule has 6 heteroatoms. The van der Waals surface area contributed by atoms with Gasteiger partial charge in [-0.25, -0.2) is 0 Å². The van der Waals surface area contributed by atoms with Crippen LogP contribution in [0.25, 0.3) is 0 Å². The van der Waals surface area contributed by atoms with Gasteiger partial charge in [0.05, 0.1) is 0 Å². The van der Waals surface area contributed by atoms with Gasteiger partial charge in [-0.15, -0.1) is 0 Å². The summed E-state index contributed by atoms with van der Waals surface area (Å²) in [4.78, 5) is 37.9. The quantitative estimate of drug-likeness (QED) is 0.0262. The molecule has 0 fully saturated rings. The molecule has 0 aliphatic rings. The van der Waals surface area contributed by atoms with Crippen molar-refractivity contribution in [2.45, 2.75) is 284 Å². The van der Waals surface area contributed by atoms with E-state index in [-0.39, 0.29) is 31.1 Å². The Morgan fingerprint density at radius 3 is 1.00 bits per heavy atom. The maximum Gasteiger partial charge on any atom is 0.306 e. The van der Waals surface area contributed by atoms with E-state index in [1.165, 1.54) is 141 Å². The van der Waals surface area contributed by atoms with E-state index < -0.39 is 6.10 Å². The standard InChI is InChI=1S/C55H100O6/c1-4-7-10-13-16-19-22-24-26-28-30-31-33-36-39-42-45-48-54(57)60-51-52(50-59-53(56)47-44-41-38-35-21-18-15-12-9-6-3)61-55(58)49-46-43-40-37-34-32-29-27-25-23-20-17-14-11-8-5-2/h12,15,20,23,27,29,52H,4-11,13-14,16-19,21-22,24-26,28,30-51H2,1-3H3/b15-12-,23-20-,29-27-. The van der Waals surface area contributed by atoms with E-state index in [4.69, 9.17) is 14.2 Å². The van der Waals surface area contributed by atoms with E-state index in [1.54, 1.807) is 0 Å². The lowest BCUT2D eigenvalue weighted by atomic mass is 10.0. The minimum atomic E-state index is -0.778. The van der Waals surface area contributed by atoms with Gasteiger partial charge in [0, 0.05) is 19.3 Å². The zero-order valence-electron chi connectivity index (χ0n) is 40.7. The SMILES string of the molecule is CCC/C=C\CCCCCCCC(=O)OCC(COC(=O)CCCCCCCCCCCCCCCCCCC)OC(=O)CCCCCCC/C=C\C/C=C\CCCCCC. The molecule has 0 bridgehead atoms. The fourth-order valence-corrected chi connectivity index (χ4v) is 7.59. The number of carbonyl (C=O) groups excluding carboxylic acids is 3. The Bertz CT molecular complexity index is 1030. The molecule has 6 nitrogen and oxygen atoms in total. The smallest absolute Gasteiger partial charge is 0.306 e. The summed E-state index contributed by atoms with van der Waals surface area (Å²) in [5.74, 6) is -0.892. The summed E-state index contributed by atoms with van der Waals surface area (Å²) in [6, 6.07) is 0. The molecule has 0 aromatic heterocycles. The number of esters is 3. The van der Waals surface area contributed by atoms with Crippen molar-refractivity contribution >= 4 is 17.9 Å². The molecule has 0 aliphatic heterocycles. The van der Waals surface area contributed by atoms with Gasteiger partial charge in [-0.05, 0) is 70.6 Å². The Hall–Kier alpha value is -2.37. The van der Waals surface area contributed by atoms with E-state index in [2.05, 4.69) is 57.2 Å². The maximum atomic E-state index is 12.8. The third-order valence-corrected chi connectivity index (χ3v) is 11.6. The average molecular weight is 857 g/mol. The second-order valence-corrected chi connectivity index (χ2v) is 17.8. The molecule has 0 aromatic carbocycles. The van der Waals surface area contributed by atoms with Gasteiger partial charge in [-0.2, -0.15) is 0 Å². The van der Waals surface area contributed by atoms with Crippen LogP contribution in [-0.2, 0) is 28.6 Å². The Labute approximate surface area is 378 Å². The third kappa shape index (κ3) is 48.5. The molecule has 0 rings (SSSR count). The molecular weight excluding hydrogens is 757 g/mol. The molecule has 0 spiro atoms. The molecule has 0 aromatic rings. The summed E-state index contributed by atoms with van der Waals surface area (Å²) >= 11 is 0. The van der Waals surface area contributed by atoms with Crippen LogP contribution < -0.4 is 0 Å². The zero-order chi connectivity index (χ0) is 44.4. The molecule has 356 valence electrons. The lowest BCUT2D eigenvalue weighted by molar-refractivity contribution is -0.167. The highest BCUT2D eigenvalue weighted by Gasteiger charge is 2.19. The van der Waals surface area contributed by atoms with Crippen molar-refractivity contribution in [1.29, 1.82) is 0 Å². The Balaban J connectivity index is 4.33. The third-order valence-electron chi connectivity index (χ3n) is 11.6. The number of allylic oxidation sites excluding steroid dienone is 6. The fraction of sp³-hybridized carbons (Fsp3) is 0.836. The predicted octanol–water partition coefficient (Wildman–Crippen LogP) is 17.3. The average Bonchev–Trinajstić information content (AvgIpc) is 3.26. The minimum Gasteiger partial charge on any atom is -0.462 e. The van der Waals surface area contributed by atoms with Crippen molar-refractivity contribution in [3.63, 3.8) is 0 Å². The van der Waals surface area contributed by atoms with Crippen LogP contribution in [0.5, 0.6) is 0 Å². The molecular formula is C55H100O6. The Kier molecular flexibility index (Phi) is 48.3. The molecule has 0 saturated heterocycles. The molecule has 0 radical (unpaired) electrons. The van der Waals surface area contributed by atoms with Gasteiger partial charge in [-0.1, -0.05) is 224 Å². The summed E-state index contributed by atoms with van der Waals surface area (Å²) in [6.07, 6.45) is 58.4. The monoisotopic (exact) mass is 857 g/mol. The number of rotatable bonds is 48.